The van der Waals surface area contributed by atoms with Gasteiger partial charge in [-0.1, -0.05) is 40.5 Å². The highest BCUT2D eigenvalue weighted by Gasteiger charge is 2.32. The lowest BCUT2D eigenvalue weighted by atomic mass is 10.1. The van der Waals surface area contributed by atoms with Crippen LogP contribution in [0, 0.1) is 10.1 Å². The van der Waals surface area contributed by atoms with Gasteiger partial charge in [0.15, 0.2) is 0 Å². The van der Waals surface area contributed by atoms with Crippen LogP contribution in [0.2, 0.25) is 0 Å². The second-order valence-corrected chi connectivity index (χ2v) is 23.3. The Kier molecular flexibility index (Phi) is 20.6. The van der Waals surface area contributed by atoms with E-state index in [1.54, 1.807) is 35.9 Å². The maximum atomic E-state index is 13.6. The van der Waals surface area contributed by atoms with E-state index in [1.165, 1.54) is 20.7 Å². The standard InChI is InChI=1S/C27H39N5O5S.C26H36N6O7S/c1-4-8-20-19-31(6-3)25-24(20)28-26(29-27(25)34)22-18-21(9-10-23(22)37-17-5-2)38(35,36)32-14-12-30(13-15-32)11-7-16-33;1-4-7-19-18-29(3)24-23(19)27-25(28-26(24)33)21-17-20(8-9-22(21)38-15-5-2)40(36,37)31-13-11-30(12-14-31)10-6-16-39-32(34)35/h9-10,18-19,33H,4-8,11-17H2,1-3H3,(H,28,29,34);8-9,17-18H,4-7,10-16H2,1-3H3,(H,27,28,33). The van der Waals surface area contributed by atoms with Crippen LogP contribution >= 0.6 is 0 Å². The molecule has 23 nitrogen and oxygen atoms in total. The van der Waals surface area contributed by atoms with Crippen LogP contribution in [0.1, 0.15) is 84.3 Å². The first kappa shape index (κ1) is 59.4. The van der Waals surface area contributed by atoms with Crippen molar-refractivity contribution in [3.05, 3.63) is 90.7 Å². The fourth-order valence-corrected chi connectivity index (χ4v) is 12.7. The third-order valence-corrected chi connectivity index (χ3v) is 17.6. The molecule has 25 heteroatoms. The average Bonchev–Trinajstić information content (AvgIpc) is 4.05. The molecule has 0 spiro atoms. The summed E-state index contributed by atoms with van der Waals surface area (Å²) in [6.45, 7) is 16.6. The van der Waals surface area contributed by atoms with Crippen molar-refractivity contribution in [2.45, 2.75) is 102 Å². The minimum atomic E-state index is -3.84. The number of aliphatic hydroxyl groups is 1. The summed E-state index contributed by atoms with van der Waals surface area (Å²) in [5.41, 5.74) is 4.47. The van der Waals surface area contributed by atoms with E-state index in [2.05, 4.69) is 38.5 Å². The number of hydrogen-bond donors (Lipinski definition) is 3. The molecule has 2 aliphatic heterocycles. The molecular formula is C53H75N11O12S2. The Morgan fingerprint density at radius 2 is 1.10 bits per heavy atom. The second kappa shape index (κ2) is 27.1. The van der Waals surface area contributed by atoms with Gasteiger partial charge in [0.25, 0.3) is 16.2 Å². The van der Waals surface area contributed by atoms with Crippen LogP contribution in [-0.2, 0) is 51.3 Å². The van der Waals surface area contributed by atoms with Crippen molar-refractivity contribution in [1.82, 2.24) is 47.5 Å². The monoisotopic (exact) mass is 1120 g/mol. The third kappa shape index (κ3) is 13.8. The molecule has 78 heavy (non-hydrogen) atoms. The van der Waals surface area contributed by atoms with Crippen molar-refractivity contribution in [3.63, 3.8) is 0 Å². The Morgan fingerprint density at radius 1 is 0.641 bits per heavy atom. The van der Waals surface area contributed by atoms with E-state index in [0.717, 1.165) is 56.2 Å². The van der Waals surface area contributed by atoms with Crippen LogP contribution in [0.5, 0.6) is 11.5 Å². The number of aromatic nitrogens is 6. The van der Waals surface area contributed by atoms with Crippen LogP contribution in [0.25, 0.3) is 44.8 Å². The Morgan fingerprint density at radius 3 is 1.55 bits per heavy atom. The smallest absolute Gasteiger partial charge is 0.294 e. The summed E-state index contributed by atoms with van der Waals surface area (Å²) in [6, 6.07) is 9.45. The summed E-state index contributed by atoms with van der Waals surface area (Å²) < 4.78 is 73.0. The van der Waals surface area contributed by atoms with Gasteiger partial charge in [-0.15, -0.1) is 10.1 Å². The number of ether oxygens (including phenoxy) is 2. The quantitative estimate of drug-likeness (QED) is 0.0367. The summed E-state index contributed by atoms with van der Waals surface area (Å²) in [5, 5.41) is 18.6. The first-order valence-corrected chi connectivity index (χ1v) is 29.9. The van der Waals surface area contributed by atoms with Gasteiger partial charge in [-0.05, 0) is 93.0 Å². The number of fused-ring (bicyclic) bond motifs is 2. The van der Waals surface area contributed by atoms with Gasteiger partial charge in [0, 0.05) is 98.0 Å². The fraction of sp³-hybridized carbons (Fsp3) is 0.547. The van der Waals surface area contributed by atoms with Crippen molar-refractivity contribution in [2.24, 2.45) is 7.05 Å². The van der Waals surface area contributed by atoms with Crippen molar-refractivity contribution in [2.75, 3.05) is 91.9 Å². The van der Waals surface area contributed by atoms with E-state index < -0.39 is 25.1 Å². The summed E-state index contributed by atoms with van der Waals surface area (Å²) in [6.07, 6.45) is 9.93. The number of nitrogens with zero attached hydrogens (tertiary/aromatic N) is 9. The molecule has 0 saturated carbocycles. The number of nitrogens with one attached hydrogen (secondary N) is 2. The van der Waals surface area contributed by atoms with Gasteiger partial charge in [-0.25, -0.2) is 26.8 Å². The van der Waals surface area contributed by atoms with E-state index in [9.17, 15) is 36.5 Å². The molecule has 2 aromatic carbocycles. The summed E-state index contributed by atoms with van der Waals surface area (Å²) >= 11 is 0. The molecule has 0 aliphatic carbocycles. The zero-order chi connectivity index (χ0) is 56.1. The van der Waals surface area contributed by atoms with E-state index >= 15 is 0 Å². The highest BCUT2D eigenvalue weighted by Crippen LogP contribution is 2.35. The number of benzene rings is 2. The normalized spacial score (nSPS) is 15.2. The van der Waals surface area contributed by atoms with Crippen LogP contribution in [0.15, 0.2) is 68.2 Å². The molecule has 0 bridgehead atoms. The molecule has 0 radical (unpaired) electrons. The van der Waals surface area contributed by atoms with Crippen molar-refractivity contribution >= 4 is 42.1 Å². The lowest BCUT2D eigenvalue weighted by Crippen LogP contribution is -2.48. The Bertz CT molecular complexity index is 3360. The van der Waals surface area contributed by atoms with Gasteiger partial charge in [-0.3, -0.25) is 9.59 Å². The minimum Gasteiger partial charge on any atom is -0.493 e. The number of rotatable bonds is 25. The maximum Gasteiger partial charge on any atom is 0.294 e. The summed E-state index contributed by atoms with van der Waals surface area (Å²) in [5.74, 6) is 1.48. The van der Waals surface area contributed by atoms with Gasteiger partial charge in [-0.2, -0.15) is 8.61 Å². The van der Waals surface area contributed by atoms with Crippen molar-refractivity contribution < 1.29 is 41.3 Å². The van der Waals surface area contributed by atoms with Crippen LogP contribution in [0.3, 0.4) is 0 Å². The second-order valence-electron chi connectivity index (χ2n) is 19.4. The Balaban J connectivity index is 0.000000226. The number of hydrogen-bond acceptors (Lipinski definition) is 16. The molecule has 2 fully saturated rings. The van der Waals surface area contributed by atoms with E-state index in [0.29, 0.717) is 129 Å². The number of H-pyrrole nitrogens is 2. The number of sulfonamides is 2. The molecule has 6 aromatic rings. The Labute approximate surface area is 455 Å². The number of aryl methyl sites for hydroxylation is 4. The maximum absolute atomic E-state index is 13.6. The average molecular weight is 1120 g/mol. The van der Waals surface area contributed by atoms with Crippen LogP contribution < -0.4 is 20.6 Å². The predicted molar refractivity (Wildman–Crippen MR) is 297 cm³/mol. The highest BCUT2D eigenvalue weighted by atomic mass is 32.2. The predicted octanol–water partition coefficient (Wildman–Crippen LogP) is 5.42. The molecule has 2 aliphatic rings. The van der Waals surface area contributed by atoms with Gasteiger partial charge >= 0.3 is 0 Å². The summed E-state index contributed by atoms with van der Waals surface area (Å²) in [7, 11) is -5.80. The van der Waals surface area contributed by atoms with Gasteiger partial charge < -0.3 is 48.3 Å². The molecule has 2 saturated heterocycles. The largest absolute Gasteiger partial charge is 0.493 e. The fourth-order valence-electron chi connectivity index (χ4n) is 9.85. The van der Waals surface area contributed by atoms with Gasteiger partial charge in [0.05, 0.1) is 51.8 Å². The third-order valence-electron chi connectivity index (χ3n) is 13.8. The molecule has 0 unspecified atom stereocenters. The topological polar surface area (TPSA) is 274 Å². The molecular weight excluding hydrogens is 1050 g/mol. The molecule has 0 amide bonds. The molecule has 0 atom stereocenters. The molecule has 6 heterocycles. The van der Waals surface area contributed by atoms with E-state index in [-0.39, 0.29) is 53.0 Å². The van der Waals surface area contributed by atoms with Crippen LogP contribution in [-0.4, -0.2) is 166 Å². The summed E-state index contributed by atoms with van der Waals surface area (Å²) in [4.78, 5) is 60.8. The molecule has 8 rings (SSSR count). The first-order chi connectivity index (χ1) is 37.5. The Hall–Kier alpha value is -6.22. The minimum absolute atomic E-state index is 0.00553. The number of aliphatic hydroxyl groups excluding tert-OH is 1. The lowest BCUT2D eigenvalue weighted by molar-refractivity contribution is -0.757. The molecule has 3 N–H and O–H groups in total. The highest BCUT2D eigenvalue weighted by molar-refractivity contribution is 7.89. The van der Waals surface area contributed by atoms with Crippen molar-refractivity contribution in [3.8, 4) is 34.3 Å². The first-order valence-electron chi connectivity index (χ1n) is 27.1. The van der Waals surface area contributed by atoms with Gasteiger partial charge in [0.2, 0.25) is 20.0 Å². The van der Waals surface area contributed by atoms with Crippen LogP contribution in [0.4, 0.5) is 0 Å². The number of aromatic amines is 2. The van der Waals surface area contributed by atoms with E-state index in [1.807, 2.05) is 37.7 Å². The number of piperazine rings is 2. The lowest BCUT2D eigenvalue weighted by Gasteiger charge is -2.34. The zero-order valence-corrected chi connectivity index (χ0v) is 47.3. The van der Waals surface area contributed by atoms with E-state index in [4.69, 9.17) is 24.5 Å². The van der Waals surface area contributed by atoms with Crippen molar-refractivity contribution in [1.29, 1.82) is 0 Å². The molecule has 426 valence electrons. The molecule has 4 aromatic heterocycles. The van der Waals surface area contributed by atoms with Gasteiger partial charge in [0.1, 0.15) is 34.2 Å². The SMILES string of the molecule is CCCOc1ccc(S(=O)(=O)N2CCN(CCCO)CC2)cc1-c1nc2c(CCC)cn(CC)c2c(=O)[nH]1.CCCOc1ccc(S(=O)(=O)N2CCN(CCCO[N+](=O)[O-])CC2)cc1-c1nc2c(CCC)cn(C)c2c(=O)[nH]1. The zero-order valence-electron chi connectivity index (χ0n) is 45.7.